The van der Waals surface area contributed by atoms with Crippen LogP contribution in [0.1, 0.15) is 24.4 Å². The Labute approximate surface area is 151 Å². The summed E-state index contributed by atoms with van der Waals surface area (Å²) in [5.74, 6) is 0. The molecule has 1 saturated heterocycles. The fraction of sp³-hybridized carbons (Fsp3) is 0.316. The lowest BCUT2D eigenvalue weighted by atomic mass is 9.80. The molecule has 0 radical (unpaired) electrons. The molecule has 0 bridgehead atoms. The van der Waals surface area contributed by atoms with Gasteiger partial charge in [0.15, 0.2) is 0 Å². The van der Waals surface area contributed by atoms with Crippen molar-refractivity contribution in [3.05, 3.63) is 64.6 Å². The van der Waals surface area contributed by atoms with Crippen LogP contribution in [-0.2, 0) is 6.54 Å². The molecule has 7 heteroatoms. The number of benzene rings is 2. The first kappa shape index (κ1) is 17.1. The summed E-state index contributed by atoms with van der Waals surface area (Å²) in [7, 11) is -1.42. The molecule has 26 heavy (non-hydrogen) atoms. The summed E-state index contributed by atoms with van der Waals surface area (Å²) in [5.41, 5.74) is 3.51. The number of H-pyrrole nitrogens is 1. The zero-order valence-electron chi connectivity index (χ0n) is 14.5. The van der Waals surface area contributed by atoms with Gasteiger partial charge in [0, 0.05) is 25.7 Å². The molecule has 1 aromatic heterocycles. The third-order valence-electron chi connectivity index (χ3n) is 5.23. The quantitative estimate of drug-likeness (QED) is 0.609. The Morgan fingerprint density at radius 2 is 1.73 bits per heavy atom. The van der Waals surface area contributed by atoms with Crippen molar-refractivity contribution in [3.63, 3.8) is 0 Å². The molecule has 1 aliphatic heterocycles. The molecule has 2 heterocycles. The number of piperidine rings is 1. The summed E-state index contributed by atoms with van der Waals surface area (Å²) < 4.78 is 1.91. The van der Waals surface area contributed by atoms with Crippen LogP contribution in [0, 0.1) is 0 Å². The number of aromatic amines is 1. The molecule has 4 rings (SSSR count). The molecule has 134 valence electrons. The molecular weight excluding hydrogens is 329 g/mol. The first-order valence-electron chi connectivity index (χ1n) is 8.98. The number of likely N-dealkylation sites (tertiary alicyclic amines) is 1. The van der Waals surface area contributed by atoms with Crippen molar-refractivity contribution in [2.24, 2.45) is 0 Å². The van der Waals surface area contributed by atoms with E-state index in [1.165, 1.54) is 0 Å². The molecule has 1 fully saturated rings. The van der Waals surface area contributed by atoms with Gasteiger partial charge in [-0.05, 0) is 36.0 Å². The van der Waals surface area contributed by atoms with Gasteiger partial charge in [0.05, 0.1) is 11.0 Å². The topological polar surface area (TPSA) is 81.5 Å². The Balaban J connectivity index is 1.42. The van der Waals surface area contributed by atoms with Crippen molar-refractivity contribution in [3.8, 4) is 0 Å². The van der Waals surface area contributed by atoms with Gasteiger partial charge in [0.2, 0.25) is 0 Å². The minimum Gasteiger partial charge on any atom is -0.423 e. The van der Waals surface area contributed by atoms with E-state index in [-0.39, 0.29) is 11.7 Å². The van der Waals surface area contributed by atoms with Crippen molar-refractivity contribution in [2.75, 3.05) is 13.1 Å². The minimum absolute atomic E-state index is 0.0252. The summed E-state index contributed by atoms with van der Waals surface area (Å²) in [6.45, 7) is 2.69. The fourth-order valence-electron chi connectivity index (χ4n) is 3.83. The third kappa shape index (κ3) is 3.33. The molecule has 6 nitrogen and oxygen atoms in total. The highest BCUT2D eigenvalue weighted by molar-refractivity contribution is 6.58. The Kier molecular flexibility index (Phi) is 4.67. The van der Waals surface area contributed by atoms with Crippen LogP contribution in [0.2, 0.25) is 0 Å². The number of nitrogens with zero attached hydrogens (tertiary/aromatic N) is 2. The lowest BCUT2D eigenvalue weighted by molar-refractivity contribution is 0.180. The average Bonchev–Trinajstić information content (AvgIpc) is 2.99. The number of hydrogen-bond acceptors (Lipinski definition) is 4. The second-order valence-corrected chi connectivity index (χ2v) is 6.94. The molecule has 0 amide bonds. The third-order valence-corrected chi connectivity index (χ3v) is 5.23. The van der Waals surface area contributed by atoms with Crippen molar-refractivity contribution in [2.45, 2.75) is 25.4 Å². The molecule has 3 aromatic rings. The monoisotopic (exact) mass is 351 g/mol. The van der Waals surface area contributed by atoms with Crippen molar-refractivity contribution < 1.29 is 10.0 Å². The predicted molar refractivity (Wildman–Crippen MR) is 102 cm³/mol. The Bertz CT molecular complexity index is 941. The SMILES string of the molecule is O=c1[nH]c2ccccc2n1C1CCN(Cc2ccc(B(O)O)cc2)CC1. The van der Waals surface area contributed by atoms with E-state index in [0.29, 0.717) is 5.46 Å². The van der Waals surface area contributed by atoms with Gasteiger partial charge >= 0.3 is 12.8 Å². The van der Waals surface area contributed by atoms with Crippen LogP contribution >= 0.6 is 0 Å². The lowest BCUT2D eigenvalue weighted by Crippen LogP contribution is -2.36. The second-order valence-electron chi connectivity index (χ2n) is 6.94. The van der Waals surface area contributed by atoms with Gasteiger partial charge in [0.1, 0.15) is 0 Å². The van der Waals surface area contributed by atoms with Gasteiger partial charge < -0.3 is 15.0 Å². The normalized spacial score (nSPS) is 16.2. The first-order valence-corrected chi connectivity index (χ1v) is 8.98. The molecular formula is C19H22BN3O3. The minimum atomic E-state index is -1.42. The zero-order chi connectivity index (χ0) is 18.1. The van der Waals surface area contributed by atoms with Gasteiger partial charge in [-0.3, -0.25) is 9.47 Å². The van der Waals surface area contributed by atoms with Crippen LogP contribution in [-0.4, -0.2) is 44.7 Å². The highest BCUT2D eigenvalue weighted by Crippen LogP contribution is 2.25. The number of rotatable bonds is 4. The van der Waals surface area contributed by atoms with E-state index in [1.54, 1.807) is 12.1 Å². The lowest BCUT2D eigenvalue weighted by Gasteiger charge is -2.32. The first-order chi connectivity index (χ1) is 12.6. The molecule has 2 aromatic carbocycles. The highest BCUT2D eigenvalue weighted by atomic mass is 16.4. The molecule has 3 N–H and O–H groups in total. The van der Waals surface area contributed by atoms with E-state index in [2.05, 4.69) is 9.88 Å². The average molecular weight is 351 g/mol. The maximum absolute atomic E-state index is 12.4. The number of para-hydroxylation sites is 2. The van der Waals surface area contributed by atoms with Gasteiger partial charge in [-0.25, -0.2) is 4.79 Å². The maximum atomic E-state index is 12.4. The fourth-order valence-corrected chi connectivity index (χ4v) is 3.83. The van der Waals surface area contributed by atoms with Gasteiger partial charge in [-0.2, -0.15) is 0 Å². The number of nitrogens with one attached hydrogen (secondary N) is 1. The highest BCUT2D eigenvalue weighted by Gasteiger charge is 2.23. The molecule has 0 atom stereocenters. The van der Waals surface area contributed by atoms with E-state index in [9.17, 15) is 4.79 Å². The molecule has 0 aliphatic carbocycles. The van der Waals surface area contributed by atoms with Crippen LogP contribution in [0.25, 0.3) is 11.0 Å². The predicted octanol–water partition coefficient (Wildman–Crippen LogP) is 0.846. The summed E-state index contributed by atoms with van der Waals surface area (Å²) >= 11 is 0. The Hall–Kier alpha value is -2.35. The summed E-state index contributed by atoms with van der Waals surface area (Å²) in [6, 6.07) is 15.4. The van der Waals surface area contributed by atoms with Gasteiger partial charge in [-0.1, -0.05) is 36.4 Å². The van der Waals surface area contributed by atoms with E-state index in [1.807, 2.05) is 41.0 Å². The largest absolute Gasteiger partial charge is 0.488 e. The number of aromatic nitrogens is 2. The van der Waals surface area contributed by atoms with Crippen molar-refractivity contribution in [1.29, 1.82) is 0 Å². The molecule has 0 saturated carbocycles. The van der Waals surface area contributed by atoms with Crippen LogP contribution in [0.5, 0.6) is 0 Å². The van der Waals surface area contributed by atoms with E-state index in [0.717, 1.165) is 49.1 Å². The van der Waals surface area contributed by atoms with Gasteiger partial charge in [0.25, 0.3) is 0 Å². The van der Waals surface area contributed by atoms with Crippen molar-refractivity contribution >= 4 is 23.6 Å². The molecule has 1 aliphatic rings. The van der Waals surface area contributed by atoms with Crippen LogP contribution in [0.4, 0.5) is 0 Å². The van der Waals surface area contributed by atoms with Gasteiger partial charge in [-0.15, -0.1) is 0 Å². The van der Waals surface area contributed by atoms with E-state index < -0.39 is 7.12 Å². The standard InChI is InChI=1S/C19H22BN3O3/c24-19-21-17-3-1-2-4-18(17)23(19)16-9-11-22(12-10-16)13-14-5-7-15(8-6-14)20(25)26/h1-8,16,25-26H,9-13H2,(H,21,24). The van der Waals surface area contributed by atoms with Crippen LogP contribution < -0.4 is 11.2 Å². The van der Waals surface area contributed by atoms with Crippen LogP contribution in [0.15, 0.2) is 53.3 Å². The molecule has 0 spiro atoms. The Morgan fingerprint density at radius 1 is 1.04 bits per heavy atom. The summed E-state index contributed by atoms with van der Waals surface area (Å²) in [4.78, 5) is 17.7. The number of fused-ring (bicyclic) bond motifs is 1. The van der Waals surface area contributed by atoms with E-state index >= 15 is 0 Å². The van der Waals surface area contributed by atoms with E-state index in [4.69, 9.17) is 10.0 Å². The Morgan fingerprint density at radius 3 is 2.42 bits per heavy atom. The molecule has 0 unspecified atom stereocenters. The van der Waals surface area contributed by atoms with Crippen molar-refractivity contribution in [1.82, 2.24) is 14.5 Å². The smallest absolute Gasteiger partial charge is 0.423 e. The zero-order valence-corrected chi connectivity index (χ0v) is 14.5. The number of imidazole rings is 1. The maximum Gasteiger partial charge on any atom is 0.488 e. The second kappa shape index (κ2) is 7.11. The summed E-state index contributed by atoms with van der Waals surface area (Å²) in [5, 5.41) is 18.3. The van der Waals surface area contributed by atoms with Crippen LogP contribution in [0.3, 0.4) is 0 Å². The summed E-state index contributed by atoms with van der Waals surface area (Å²) in [6.07, 6.45) is 1.88. The number of hydrogen-bond donors (Lipinski definition) is 3.